The Bertz CT molecular complexity index is 262. The number of aliphatic hydroxyl groups is 1. The van der Waals surface area contributed by atoms with Crippen LogP contribution in [0.2, 0.25) is 0 Å². The Morgan fingerprint density at radius 3 is 2.56 bits per heavy atom. The fraction of sp³-hybridized carbons (Fsp3) is 0.909. The molecule has 0 radical (unpaired) electrons. The van der Waals surface area contributed by atoms with Gasteiger partial charge in [-0.15, -0.1) is 0 Å². The summed E-state index contributed by atoms with van der Waals surface area (Å²) in [6.07, 6.45) is -2.20. The van der Waals surface area contributed by atoms with Gasteiger partial charge in [-0.05, 0) is 27.7 Å². The van der Waals surface area contributed by atoms with Crippen molar-refractivity contribution in [1.82, 2.24) is 4.90 Å². The largest absolute Gasteiger partial charge is 0.444 e. The van der Waals surface area contributed by atoms with Crippen LogP contribution in [0.3, 0.4) is 0 Å². The zero-order valence-corrected chi connectivity index (χ0v) is 10.2. The van der Waals surface area contributed by atoms with Gasteiger partial charge in [0.2, 0.25) is 0 Å². The number of alkyl halides is 1. The maximum Gasteiger partial charge on any atom is 0.410 e. The van der Waals surface area contributed by atoms with Gasteiger partial charge in [0.05, 0.1) is 18.7 Å². The van der Waals surface area contributed by atoms with E-state index in [1.165, 1.54) is 4.90 Å². The lowest BCUT2D eigenvalue weighted by atomic mass is 10.1. The fourth-order valence-electron chi connectivity index (χ4n) is 1.80. The first-order valence-electron chi connectivity index (χ1n) is 5.52. The molecule has 1 amide bonds. The van der Waals surface area contributed by atoms with Crippen molar-refractivity contribution < 1.29 is 19.0 Å². The Morgan fingerprint density at radius 1 is 1.56 bits per heavy atom. The molecule has 1 saturated heterocycles. The van der Waals surface area contributed by atoms with Crippen LogP contribution in [0, 0.1) is 0 Å². The summed E-state index contributed by atoms with van der Waals surface area (Å²) in [5.41, 5.74) is -0.602. The fourth-order valence-corrected chi connectivity index (χ4v) is 1.80. The summed E-state index contributed by atoms with van der Waals surface area (Å²) in [7, 11) is 0. The van der Waals surface area contributed by atoms with Crippen LogP contribution in [0.4, 0.5) is 9.18 Å². The molecule has 1 aliphatic heterocycles. The van der Waals surface area contributed by atoms with Crippen molar-refractivity contribution in [1.29, 1.82) is 0 Å². The molecule has 0 saturated carbocycles. The summed E-state index contributed by atoms with van der Waals surface area (Å²) in [6.45, 7) is 6.83. The molecule has 1 rings (SSSR count). The number of hydrogen-bond acceptors (Lipinski definition) is 3. The lowest BCUT2D eigenvalue weighted by Crippen LogP contribution is -2.44. The summed E-state index contributed by atoms with van der Waals surface area (Å²) in [5, 5.41) is 9.47. The summed E-state index contributed by atoms with van der Waals surface area (Å²) in [6, 6.07) is -0.482. The van der Waals surface area contributed by atoms with Gasteiger partial charge in [-0.1, -0.05) is 0 Å². The molecule has 1 heterocycles. The van der Waals surface area contributed by atoms with Crippen LogP contribution in [0.1, 0.15) is 34.1 Å². The summed E-state index contributed by atoms with van der Waals surface area (Å²) in [4.78, 5) is 13.0. The number of aliphatic hydroxyl groups excluding tert-OH is 1. The van der Waals surface area contributed by atoms with Crippen molar-refractivity contribution in [2.75, 3.05) is 6.54 Å². The van der Waals surface area contributed by atoms with Crippen LogP contribution in [0.25, 0.3) is 0 Å². The number of ether oxygens (including phenoxy) is 1. The van der Waals surface area contributed by atoms with Crippen LogP contribution >= 0.6 is 0 Å². The van der Waals surface area contributed by atoms with Crippen molar-refractivity contribution in [3.8, 4) is 0 Å². The van der Waals surface area contributed by atoms with E-state index in [4.69, 9.17) is 4.74 Å². The van der Waals surface area contributed by atoms with Crippen LogP contribution in [0.5, 0.6) is 0 Å². The third-order valence-corrected chi connectivity index (χ3v) is 2.48. The first kappa shape index (κ1) is 13.2. The van der Waals surface area contributed by atoms with Gasteiger partial charge in [0, 0.05) is 6.42 Å². The van der Waals surface area contributed by atoms with Gasteiger partial charge in [0.15, 0.2) is 0 Å². The molecule has 16 heavy (non-hydrogen) atoms. The number of hydrogen-bond donors (Lipinski definition) is 1. The molecule has 0 aromatic rings. The lowest BCUT2D eigenvalue weighted by Gasteiger charge is -2.29. The number of amides is 1. The molecule has 0 aromatic carbocycles. The van der Waals surface area contributed by atoms with E-state index < -0.39 is 30.0 Å². The highest BCUT2D eigenvalue weighted by molar-refractivity contribution is 5.69. The normalized spacial score (nSPS) is 28.0. The zero-order valence-electron chi connectivity index (χ0n) is 10.2. The van der Waals surface area contributed by atoms with Gasteiger partial charge in [0.1, 0.15) is 11.8 Å². The summed E-state index contributed by atoms with van der Waals surface area (Å²) < 4.78 is 18.4. The first-order chi connectivity index (χ1) is 7.20. The molecular formula is C11H20FNO3. The number of carbonyl (C=O) groups is 1. The predicted octanol–water partition coefficient (Wildman–Crippen LogP) is 1.71. The van der Waals surface area contributed by atoms with E-state index in [9.17, 15) is 14.3 Å². The van der Waals surface area contributed by atoms with Crippen molar-refractivity contribution in [2.24, 2.45) is 0 Å². The number of rotatable bonds is 1. The average molecular weight is 233 g/mol. The van der Waals surface area contributed by atoms with Crippen molar-refractivity contribution in [3.05, 3.63) is 0 Å². The zero-order chi connectivity index (χ0) is 12.5. The van der Waals surface area contributed by atoms with Gasteiger partial charge in [-0.2, -0.15) is 0 Å². The van der Waals surface area contributed by atoms with Crippen LogP contribution < -0.4 is 0 Å². The quantitative estimate of drug-likeness (QED) is 0.750. The SMILES string of the molecule is C[C@H](O)[C@H]1C[C@H](F)CN1C(=O)OC(C)(C)C. The van der Waals surface area contributed by atoms with E-state index in [1.54, 1.807) is 27.7 Å². The molecule has 5 heteroatoms. The second kappa shape index (κ2) is 4.57. The monoisotopic (exact) mass is 233 g/mol. The highest BCUT2D eigenvalue weighted by Crippen LogP contribution is 2.25. The third-order valence-electron chi connectivity index (χ3n) is 2.48. The van der Waals surface area contributed by atoms with Gasteiger partial charge in [-0.3, -0.25) is 4.90 Å². The molecule has 0 aromatic heterocycles. The highest BCUT2D eigenvalue weighted by Gasteiger charge is 2.39. The highest BCUT2D eigenvalue weighted by atomic mass is 19.1. The maximum absolute atomic E-state index is 13.2. The Labute approximate surface area is 95.4 Å². The van der Waals surface area contributed by atoms with Crippen molar-refractivity contribution >= 4 is 6.09 Å². The first-order valence-corrected chi connectivity index (χ1v) is 5.52. The van der Waals surface area contributed by atoms with E-state index in [0.717, 1.165) is 0 Å². The maximum atomic E-state index is 13.2. The molecule has 3 atom stereocenters. The number of halogens is 1. The van der Waals surface area contributed by atoms with E-state index in [-0.39, 0.29) is 13.0 Å². The minimum atomic E-state index is -1.08. The molecule has 1 fully saturated rings. The van der Waals surface area contributed by atoms with Gasteiger partial charge in [-0.25, -0.2) is 9.18 Å². The minimum absolute atomic E-state index is 0.00444. The summed E-state index contributed by atoms with van der Waals surface area (Å²) >= 11 is 0. The van der Waals surface area contributed by atoms with Crippen molar-refractivity contribution in [2.45, 2.75) is 58.0 Å². The Morgan fingerprint density at radius 2 is 2.12 bits per heavy atom. The standard InChI is InChI=1S/C11H20FNO3/c1-7(14)9-5-8(12)6-13(9)10(15)16-11(2,3)4/h7-9,14H,5-6H2,1-4H3/t7-,8-,9+/m0/s1. The Kier molecular flexibility index (Phi) is 3.78. The molecule has 1 N–H and O–H groups in total. The molecule has 1 aliphatic rings. The molecule has 4 nitrogen and oxygen atoms in total. The Hall–Kier alpha value is -0.840. The van der Waals surface area contributed by atoms with Crippen LogP contribution in [-0.2, 0) is 4.74 Å². The topological polar surface area (TPSA) is 49.8 Å². The lowest BCUT2D eigenvalue weighted by molar-refractivity contribution is 0.00771. The predicted molar refractivity (Wildman–Crippen MR) is 57.9 cm³/mol. The smallest absolute Gasteiger partial charge is 0.410 e. The number of nitrogens with zero attached hydrogens (tertiary/aromatic N) is 1. The summed E-state index contributed by atoms with van der Waals surface area (Å²) in [5.74, 6) is 0. The van der Waals surface area contributed by atoms with E-state index in [2.05, 4.69) is 0 Å². The number of carbonyl (C=O) groups excluding carboxylic acids is 1. The third kappa shape index (κ3) is 3.33. The molecular weight excluding hydrogens is 213 g/mol. The van der Waals surface area contributed by atoms with Gasteiger partial charge < -0.3 is 9.84 Å². The van der Waals surface area contributed by atoms with E-state index in [0.29, 0.717) is 0 Å². The Balaban J connectivity index is 2.67. The second-order valence-electron chi connectivity index (χ2n) is 5.27. The van der Waals surface area contributed by atoms with Gasteiger partial charge in [0.25, 0.3) is 0 Å². The average Bonchev–Trinajstić information content (AvgIpc) is 2.44. The van der Waals surface area contributed by atoms with Crippen LogP contribution in [-0.4, -0.2) is 46.6 Å². The number of likely N-dealkylation sites (tertiary alicyclic amines) is 1. The van der Waals surface area contributed by atoms with E-state index >= 15 is 0 Å². The van der Waals surface area contributed by atoms with E-state index in [1.807, 2.05) is 0 Å². The molecule has 0 bridgehead atoms. The van der Waals surface area contributed by atoms with Crippen molar-refractivity contribution in [3.63, 3.8) is 0 Å². The minimum Gasteiger partial charge on any atom is -0.444 e. The van der Waals surface area contributed by atoms with Gasteiger partial charge >= 0.3 is 6.09 Å². The van der Waals surface area contributed by atoms with Crippen LogP contribution in [0.15, 0.2) is 0 Å². The molecule has 0 spiro atoms. The molecule has 0 aliphatic carbocycles. The second-order valence-corrected chi connectivity index (χ2v) is 5.27. The molecule has 94 valence electrons. The molecule has 0 unspecified atom stereocenters.